The summed E-state index contributed by atoms with van der Waals surface area (Å²) in [5.41, 5.74) is 2.92. The first kappa shape index (κ1) is 22.3. The molecule has 3 aromatic carbocycles. The van der Waals surface area contributed by atoms with Crippen molar-refractivity contribution in [2.24, 2.45) is 0 Å². The highest BCUT2D eigenvalue weighted by Crippen LogP contribution is 2.34. The summed E-state index contributed by atoms with van der Waals surface area (Å²) in [5, 5.41) is -0.0922. The molecule has 0 spiro atoms. The van der Waals surface area contributed by atoms with E-state index in [0.29, 0.717) is 31.9 Å². The van der Waals surface area contributed by atoms with Crippen molar-refractivity contribution in [1.82, 2.24) is 9.80 Å². The molecule has 0 radical (unpaired) electrons. The molecule has 7 heteroatoms. The zero-order chi connectivity index (χ0) is 23.7. The average Bonchev–Trinajstić information content (AvgIpc) is 3.09. The van der Waals surface area contributed by atoms with Crippen LogP contribution in [-0.4, -0.2) is 47.8 Å². The quantitative estimate of drug-likeness (QED) is 0.508. The van der Waals surface area contributed by atoms with Gasteiger partial charge in [-0.2, -0.15) is 0 Å². The molecule has 5 nitrogen and oxygen atoms in total. The minimum atomic E-state index is -0.581. The van der Waals surface area contributed by atoms with Crippen LogP contribution in [0.4, 0.5) is 10.1 Å². The van der Waals surface area contributed by atoms with Crippen LogP contribution in [-0.2, 0) is 9.59 Å². The molecule has 1 fully saturated rings. The number of carbonyl (C=O) groups excluding carboxylic acids is 2. The second-order valence-electron chi connectivity index (χ2n) is 8.33. The van der Waals surface area contributed by atoms with E-state index in [1.165, 1.54) is 35.4 Å². The molecule has 0 atom stereocenters. The summed E-state index contributed by atoms with van der Waals surface area (Å²) in [5.74, 6) is -1.50. The first-order valence-corrected chi connectivity index (χ1v) is 11.6. The number of amides is 2. The van der Waals surface area contributed by atoms with E-state index in [2.05, 4.69) is 29.2 Å². The molecule has 2 heterocycles. The van der Waals surface area contributed by atoms with Crippen molar-refractivity contribution < 1.29 is 14.0 Å². The summed E-state index contributed by atoms with van der Waals surface area (Å²) < 4.78 is 13.3. The Morgan fingerprint density at radius 2 is 1.24 bits per heavy atom. The first-order valence-electron chi connectivity index (χ1n) is 11.2. The number of carbonyl (C=O) groups is 2. The molecular weight excluding hydrogens is 453 g/mol. The van der Waals surface area contributed by atoms with Gasteiger partial charge in [-0.1, -0.05) is 72.3 Å². The number of benzene rings is 3. The SMILES string of the molecule is O=C1C(Cl)=C(N2CCN(C(c3ccccc3)c3ccccc3)CC2)C(=O)N1c1ccc(F)cc1. The van der Waals surface area contributed by atoms with Crippen molar-refractivity contribution in [2.75, 3.05) is 31.1 Å². The smallest absolute Gasteiger partial charge is 0.283 e. The van der Waals surface area contributed by atoms with Gasteiger partial charge < -0.3 is 4.90 Å². The van der Waals surface area contributed by atoms with Gasteiger partial charge in [-0.3, -0.25) is 14.5 Å². The van der Waals surface area contributed by atoms with Crippen molar-refractivity contribution in [3.05, 3.63) is 113 Å². The third-order valence-corrected chi connectivity index (χ3v) is 6.66. The van der Waals surface area contributed by atoms with Gasteiger partial charge in [0.05, 0.1) is 11.7 Å². The van der Waals surface area contributed by atoms with Crippen LogP contribution in [0.2, 0.25) is 0 Å². The minimum Gasteiger partial charge on any atom is -0.363 e. The summed E-state index contributed by atoms with van der Waals surface area (Å²) in [7, 11) is 0. The Balaban J connectivity index is 1.35. The lowest BCUT2D eigenvalue weighted by molar-refractivity contribution is -0.121. The minimum absolute atomic E-state index is 0.0885. The Hall–Kier alpha value is -3.48. The number of piperazine rings is 1. The molecule has 2 aliphatic heterocycles. The summed E-state index contributed by atoms with van der Waals surface area (Å²) in [4.78, 5) is 31.2. The summed E-state index contributed by atoms with van der Waals surface area (Å²) in [6.45, 7) is 2.50. The molecule has 172 valence electrons. The second kappa shape index (κ2) is 9.41. The molecule has 0 saturated carbocycles. The van der Waals surface area contributed by atoms with Gasteiger partial charge in [0, 0.05) is 26.2 Å². The Bertz CT molecular complexity index is 1180. The van der Waals surface area contributed by atoms with Gasteiger partial charge >= 0.3 is 0 Å². The molecule has 34 heavy (non-hydrogen) atoms. The monoisotopic (exact) mass is 475 g/mol. The zero-order valence-corrected chi connectivity index (χ0v) is 19.2. The van der Waals surface area contributed by atoms with E-state index in [9.17, 15) is 14.0 Å². The average molecular weight is 476 g/mol. The van der Waals surface area contributed by atoms with E-state index < -0.39 is 17.6 Å². The molecule has 0 unspecified atom stereocenters. The maximum Gasteiger partial charge on any atom is 0.283 e. The van der Waals surface area contributed by atoms with Gasteiger partial charge in [-0.25, -0.2) is 9.29 Å². The van der Waals surface area contributed by atoms with E-state index in [1.54, 1.807) is 0 Å². The van der Waals surface area contributed by atoms with Crippen molar-refractivity contribution in [2.45, 2.75) is 6.04 Å². The largest absolute Gasteiger partial charge is 0.363 e. The van der Waals surface area contributed by atoms with Crippen LogP contribution in [0.3, 0.4) is 0 Å². The first-order chi connectivity index (χ1) is 16.5. The fourth-order valence-corrected chi connectivity index (χ4v) is 4.96. The maximum atomic E-state index is 13.3. The van der Waals surface area contributed by atoms with Crippen LogP contribution < -0.4 is 4.90 Å². The fourth-order valence-electron chi connectivity index (χ4n) is 4.68. The fraction of sp³-hybridized carbons (Fsp3) is 0.185. The van der Waals surface area contributed by atoms with Crippen molar-refractivity contribution in [1.29, 1.82) is 0 Å². The summed E-state index contributed by atoms with van der Waals surface area (Å²) in [6, 6.07) is 26.0. The van der Waals surface area contributed by atoms with E-state index >= 15 is 0 Å². The lowest BCUT2D eigenvalue weighted by Gasteiger charge is -2.40. The van der Waals surface area contributed by atoms with Crippen LogP contribution in [0.15, 0.2) is 95.7 Å². The van der Waals surface area contributed by atoms with Gasteiger partial charge in [0.15, 0.2) is 0 Å². The van der Waals surface area contributed by atoms with E-state index in [-0.39, 0.29) is 16.8 Å². The predicted molar refractivity (Wildman–Crippen MR) is 130 cm³/mol. The van der Waals surface area contributed by atoms with Gasteiger partial charge in [-0.15, -0.1) is 0 Å². The molecule has 0 bridgehead atoms. The topological polar surface area (TPSA) is 43.9 Å². The number of anilines is 1. The molecule has 1 saturated heterocycles. The van der Waals surface area contributed by atoms with Crippen LogP contribution in [0.1, 0.15) is 17.2 Å². The number of imide groups is 1. The van der Waals surface area contributed by atoms with Crippen LogP contribution in [0.25, 0.3) is 0 Å². The number of halogens is 2. The van der Waals surface area contributed by atoms with Gasteiger partial charge in [-0.05, 0) is 35.4 Å². The zero-order valence-electron chi connectivity index (χ0n) is 18.4. The molecule has 2 amide bonds. The highest BCUT2D eigenvalue weighted by molar-refractivity contribution is 6.52. The molecule has 5 rings (SSSR count). The van der Waals surface area contributed by atoms with Crippen molar-refractivity contribution >= 4 is 29.1 Å². The molecular formula is C27H23ClFN3O2. The lowest BCUT2D eigenvalue weighted by Crippen LogP contribution is -2.48. The molecule has 0 aromatic heterocycles. The third-order valence-electron chi connectivity index (χ3n) is 6.32. The van der Waals surface area contributed by atoms with E-state index in [4.69, 9.17) is 11.6 Å². The molecule has 0 N–H and O–H groups in total. The number of hydrogen-bond donors (Lipinski definition) is 0. The Morgan fingerprint density at radius 1 is 0.706 bits per heavy atom. The second-order valence-corrected chi connectivity index (χ2v) is 8.71. The normalized spacial score (nSPS) is 17.3. The van der Waals surface area contributed by atoms with Crippen molar-refractivity contribution in [3.63, 3.8) is 0 Å². The van der Waals surface area contributed by atoms with Crippen LogP contribution in [0.5, 0.6) is 0 Å². The lowest BCUT2D eigenvalue weighted by atomic mass is 9.96. The van der Waals surface area contributed by atoms with Crippen LogP contribution >= 0.6 is 11.6 Å². The highest BCUT2D eigenvalue weighted by atomic mass is 35.5. The van der Waals surface area contributed by atoms with Gasteiger partial charge in [0.1, 0.15) is 16.5 Å². The number of nitrogens with zero attached hydrogens (tertiary/aromatic N) is 3. The van der Waals surface area contributed by atoms with Crippen LogP contribution in [0, 0.1) is 5.82 Å². The molecule has 0 aliphatic carbocycles. The Morgan fingerprint density at radius 3 is 1.76 bits per heavy atom. The predicted octanol–water partition coefficient (Wildman–Crippen LogP) is 4.56. The maximum absolute atomic E-state index is 13.3. The van der Waals surface area contributed by atoms with E-state index in [0.717, 1.165) is 4.90 Å². The Labute approximate surface area is 202 Å². The van der Waals surface area contributed by atoms with Crippen molar-refractivity contribution in [3.8, 4) is 0 Å². The summed E-state index contributed by atoms with van der Waals surface area (Å²) >= 11 is 6.36. The molecule has 3 aromatic rings. The Kier molecular flexibility index (Phi) is 6.18. The number of hydrogen-bond acceptors (Lipinski definition) is 4. The third kappa shape index (κ3) is 4.11. The highest BCUT2D eigenvalue weighted by Gasteiger charge is 2.42. The standard InChI is InChI=1S/C27H23ClFN3O2/c28-23-25(27(34)32(26(23)33)22-13-11-21(29)12-14-22)31-17-15-30(16-18-31)24(19-7-3-1-4-8-19)20-9-5-2-6-10-20/h1-14,24H,15-18H2. The van der Waals surface area contributed by atoms with Gasteiger partial charge in [0.25, 0.3) is 11.8 Å². The summed E-state index contributed by atoms with van der Waals surface area (Å²) in [6.07, 6.45) is 0. The van der Waals surface area contributed by atoms with Gasteiger partial charge in [0.2, 0.25) is 0 Å². The number of rotatable bonds is 5. The van der Waals surface area contributed by atoms with E-state index in [1.807, 2.05) is 41.3 Å². The molecule has 2 aliphatic rings.